The van der Waals surface area contributed by atoms with Crippen molar-refractivity contribution in [2.75, 3.05) is 20.3 Å². The van der Waals surface area contributed by atoms with Crippen LogP contribution >= 0.6 is 15.9 Å². The summed E-state index contributed by atoms with van der Waals surface area (Å²) in [5, 5.41) is 19.5. The largest absolute Gasteiger partial charge is 0.497 e. The van der Waals surface area contributed by atoms with Crippen molar-refractivity contribution in [2.45, 2.75) is 31.8 Å². The Morgan fingerprint density at radius 2 is 1.74 bits per heavy atom. The molecule has 0 bridgehead atoms. The summed E-state index contributed by atoms with van der Waals surface area (Å²) in [4.78, 5) is 15.1. The van der Waals surface area contributed by atoms with E-state index in [9.17, 15) is 15.0 Å². The van der Waals surface area contributed by atoms with Crippen molar-refractivity contribution in [3.8, 4) is 5.75 Å². The summed E-state index contributed by atoms with van der Waals surface area (Å²) in [5.74, 6) is 0.694. The molecular weight excluding hydrogens is 410 g/mol. The molecule has 5 nitrogen and oxygen atoms in total. The number of ether oxygens (including phenoxy) is 1. The van der Waals surface area contributed by atoms with Crippen LogP contribution in [0.25, 0.3) is 0 Å². The first-order chi connectivity index (χ1) is 13.0. The van der Waals surface area contributed by atoms with E-state index in [1.54, 1.807) is 12.0 Å². The maximum absolute atomic E-state index is 13.3. The third-order valence-electron chi connectivity index (χ3n) is 5.33. The molecule has 1 amide bonds. The summed E-state index contributed by atoms with van der Waals surface area (Å²) in [6, 6.07) is 11.5. The van der Waals surface area contributed by atoms with E-state index in [1.807, 2.05) is 43.3 Å². The lowest BCUT2D eigenvalue weighted by atomic mass is 9.82. The van der Waals surface area contributed by atoms with Gasteiger partial charge in [0.25, 0.3) is 5.91 Å². The second-order valence-corrected chi connectivity index (χ2v) is 7.78. The van der Waals surface area contributed by atoms with Crippen molar-refractivity contribution in [3.63, 3.8) is 0 Å². The van der Waals surface area contributed by atoms with E-state index in [4.69, 9.17) is 4.74 Å². The summed E-state index contributed by atoms with van der Waals surface area (Å²) < 4.78 is 6.09. The van der Waals surface area contributed by atoms with Gasteiger partial charge in [-0.25, -0.2) is 0 Å². The fourth-order valence-corrected chi connectivity index (χ4v) is 4.61. The molecule has 0 unspecified atom stereocenters. The molecule has 6 heteroatoms. The van der Waals surface area contributed by atoms with Gasteiger partial charge in [0.2, 0.25) is 0 Å². The van der Waals surface area contributed by atoms with E-state index in [-0.39, 0.29) is 19.1 Å². The zero-order valence-corrected chi connectivity index (χ0v) is 17.1. The number of hydrogen-bond donors (Lipinski definition) is 2. The minimum Gasteiger partial charge on any atom is -0.497 e. The van der Waals surface area contributed by atoms with Gasteiger partial charge in [-0.05, 0) is 60.7 Å². The van der Waals surface area contributed by atoms with Crippen LogP contribution in [0.1, 0.15) is 39.9 Å². The summed E-state index contributed by atoms with van der Waals surface area (Å²) >= 11 is 3.52. The number of rotatable bonds is 7. The Hall–Kier alpha value is -1.89. The SMILES string of the molecule is COc1ccc(CN2C(=O)c3c(C)cc(Br)cc3C2(CCO)CCO)cc1. The van der Waals surface area contributed by atoms with Gasteiger partial charge in [-0.1, -0.05) is 28.1 Å². The fourth-order valence-electron chi connectivity index (χ4n) is 4.04. The fraction of sp³-hybridized carbons (Fsp3) is 0.381. The summed E-state index contributed by atoms with van der Waals surface area (Å²) in [6.45, 7) is 2.17. The van der Waals surface area contributed by atoms with Crippen molar-refractivity contribution < 1.29 is 19.7 Å². The van der Waals surface area contributed by atoms with Gasteiger partial charge in [0, 0.05) is 29.8 Å². The molecule has 2 aromatic carbocycles. The molecule has 1 heterocycles. The second-order valence-electron chi connectivity index (χ2n) is 6.86. The number of methoxy groups -OCH3 is 1. The molecule has 0 aromatic heterocycles. The number of benzene rings is 2. The van der Waals surface area contributed by atoms with Crippen LogP contribution in [0.5, 0.6) is 5.75 Å². The second kappa shape index (κ2) is 8.00. The Labute approximate surface area is 167 Å². The van der Waals surface area contributed by atoms with Crippen molar-refractivity contribution in [2.24, 2.45) is 0 Å². The Morgan fingerprint density at radius 3 is 2.30 bits per heavy atom. The van der Waals surface area contributed by atoms with Crippen LogP contribution in [0.3, 0.4) is 0 Å². The van der Waals surface area contributed by atoms with E-state index in [2.05, 4.69) is 15.9 Å². The van der Waals surface area contributed by atoms with E-state index in [0.29, 0.717) is 24.9 Å². The standard InChI is InChI=1S/C21H24BrNO4/c1-14-11-16(22)12-18-19(14)20(26)23(21(18,7-9-24)8-10-25)13-15-3-5-17(27-2)6-4-15/h3-6,11-12,24-25H,7-10,13H2,1-2H3. The van der Waals surface area contributed by atoms with E-state index >= 15 is 0 Å². The van der Waals surface area contributed by atoms with E-state index < -0.39 is 5.54 Å². The zero-order chi connectivity index (χ0) is 19.6. The molecule has 2 aromatic rings. The lowest BCUT2D eigenvalue weighted by Crippen LogP contribution is -2.44. The maximum Gasteiger partial charge on any atom is 0.255 e. The van der Waals surface area contributed by atoms with Gasteiger partial charge >= 0.3 is 0 Å². The molecule has 144 valence electrons. The van der Waals surface area contributed by atoms with Crippen molar-refractivity contribution in [1.82, 2.24) is 4.90 Å². The molecule has 0 fully saturated rings. The normalized spacial score (nSPS) is 15.1. The van der Waals surface area contributed by atoms with Crippen LogP contribution in [-0.4, -0.2) is 41.3 Å². The molecule has 1 aliphatic rings. The number of aryl methyl sites for hydroxylation is 1. The minimum atomic E-state index is -0.732. The summed E-state index contributed by atoms with van der Waals surface area (Å²) in [7, 11) is 1.61. The van der Waals surface area contributed by atoms with Crippen LogP contribution in [-0.2, 0) is 12.1 Å². The first kappa shape index (κ1) is 19.9. The minimum absolute atomic E-state index is 0.0623. The highest BCUT2D eigenvalue weighted by atomic mass is 79.9. The molecule has 0 spiro atoms. The van der Waals surface area contributed by atoms with E-state index in [0.717, 1.165) is 26.9 Å². The number of carbonyl (C=O) groups excluding carboxylic acids is 1. The number of amides is 1. The van der Waals surface area contributed by atoms with Gasteiger partial charge in [0.15, 0.2) is 0 Å². The van der Waals surface area contributed by atoms with Gasteiger partial charge in [0.05, 0.1) is 12.6 Å². The number of carbonyl (C=O) groups is 1. The number of hydrogen-bond acceptors (Lipinski definition) is 4. The third-order valence-corrected chi connectivity index (χ3v) is 5.79. The molecule has 0 saturated carbocycles. The van der Waals surface area contributed by atoms with Crippen molar-refractivity contribution >= 4 is 21.8 Å². The molecule has 2 N–H and O–H groups in total. The number of fused-ring (bicyclic) bond motifs is 1. The lowest BCUT2D eigenvalue weighted by Gasteiger charge is -2.39. The van der Waals surface area contributed by atoms with Gasteiger partial charge in [0.1, 0.15) is 5.75 Å². The van der Waals surface area contributed by atoms with Crippen LogP contribution in [0.2, 0.25) is 0 Å². The zero-order valence-electron chi connectivity index (χ0n) is 15.5. The molecule has 0 radical (unpaired) electrons. The van der Waals surface area contributed by atoms with Crippen molar-refractivity contribution in [1.29, 1.82) is 0 Å². The van der Waals surface area contributed by atoms with Crippen LogP contribution in [0.4, 0.5) is 0 Å². The average molecular weight is 434 g/mol. The highest BCUT2D eigenvalue weighted by Gasteiger charge is 2.49. The van der Waals surface area contributed by atoms with Gasteiger partial charge in [-0.2, -0.15) is 0 Å². The molecule has 3 rings (SSSR count). The Bertz CT molecular complexity index is 829. The van der Waals surface area contributed by atoms with Gasteiger partial charge in [-0.3, -0.25) is 4.79 Å². The van der Waals surface area contributed by atoms with Gasteiger partial charge < -0.3 is 19.8 Å². The third kappa shape index (κ3) is 3.49. The Morgan fingerprint density at radius 1 is 1.11 bits per heavy atom. The molecule has 0 aliphatic carbocycles. The van der Waals surface area contributed by atoms with Crippen LogP contribution in [0.15, 0.2) is 40.9 Å². The topological polar surface area (TPSA) is 70.0 Å². The highest BCUT2D eigenvalue weighted by Crippen LogP contribution is 2.47. The van der Waals surface area contributed by atoms with Crippen LogP contribution < -0.4 is 4.74 Å². The smallest absolute Gasteiger partial charge is 0.255 e. The Balaban J connectivity index is 2.09. The molecule has 27 heavy (non-hydrogen) atoms. The van der Waals surface area contributed by atoms with Crippen molar-refractivity contribution in [3.05, 3.63) is 63.1 Å². The molecular formula is C21H24BrNO4. The average Bonchev–Trinajstić information content (AvgIpc) is 2.86. The number of aliphatic hydroxyl groups is 2. The molecule has 0 saturated heterocycles. The van der Waals surface area contributed by atoms with Gasteiger partial charge in [-0.15, -0.1) is 0 Å². The Kier molecular flexibility index (Phi) is 5.89. The number of aliphatic hydroxyl groups excluding tert-OH is 2. The van der Waals surface area contributed by atoms with Crippen LogP contribution in [0, 0.1) is 6.92 Å². The molecule has 1 aliphatic heterocycles. The first-order valence-electron chi connectivity index (χ1n) is 8.94. The predicted molar refractivity (Wildman–Crippen MR) is 107 cm³/mol. The first-order valence-corrected chi connectivity index (χ1v) is 9.73. The summed E-state index contributed by atoms with van der Waals surface area (Å²) in [6.07, 6.45) is 0.747. The predicted octanol–water partition coefficient (Wildman–Crippen LogP) is 3.38. The number of nitrogens with zero attached hydrogens (tertiary/aromatic N) is 1. The lowest BCUT2D eigenvalue weighted by molar-refractivity contribution is 0.0329. The molecule has 0 atom stereocenters. The maximum atomic E-state index is 13.3. The van der Waals surface area contributed by atoms with E-state index in [1.165, 1.54) is 0 Å². The quantitative estimate of drug-likeness (QED) is 0.701. The monoisotopic (exact) mass is 433 g/mol. The highest BCUT2D eigenvalue weighted by molar-refractivity contribution is 9.10. The summed E-state index contributed by atoms with van der Waals surface area (Å²) in [5.41, 5.74) is 2.67. The number of halogens is 1.